The SMILES string of the molecule is Cn1nnc(C(=[N+]=[N-])C(=O)O)n1. The lowest BCUT2D eigenvalue weighted by atomic mass is 10.4. The number of rotatable bonds is 2. The summed E-state index contributed by atoms with van der Waals surface area (Å²) in [5.74, 6) is -1.64. The van der Waals surface area contributed by atoms with Crippen molar-refractivity contribution in [3.05, 3.63) is 11.4 Å². The van der Waals surface area contributed by atoms with E-state index in [-0.39, 0.29) is 5.82 Å². The molecule has 0 atom stereocenters. The highest BCUT2D eigenvalue weighted by Crippen LogP contribution is 1.86. The van der Waals surface area contributed by atoms with Gasteiger partial charge in [0.25, 0.3) is 5.82 Å². The zero-order valence-corrected chi connectivity index (χ0v) is 6.04. The number of aryl methyl sites for hydroxylation is 1. The van der Waals surface area contributed by atoms with Gasteiger partial charge in [0.05, 0.1) is 7.05 Å². The first kappa shape index (κ1) is 8.02. The van der Waals surface area contributed by atoms with Gasteiger partial charge in [0.1, 0.15) is 0 Å². The molecule has 1 aromatic rings. The Hall–Kier alpha value is -2.08. The van der Waals surface area contributed by atoms with Crippen LogP contribution in [0, 0.1) is 0 Å². The number of nitrogens with zero attached hydrogens (tertiary/aromatic N) is 6. The molecule has 0 aliphatic heterocycles. The Balaban J connectivity index is 3.13. The standard InChI is InChI=1S/C4H4N6O2/c1-10-8-3(7-9-10)2(6-5)4(11)12/h1H3,(H,11,12). The first-order valence-corrected chi connectivity index (χ1v) is 2.85. The van der Waals surface area contributed by atoms with Gasteiger partial charge in [-0.15, -0.1) is 5.10 Å². The van der Waals surface area contributed by atoms with Crippen LogP contribution in [0.5, 0.6) is 0 Å². The number of hydrogen-bond acceptors (Lipinski definition) is 4. The second-order valence-corrected chi connectivity index (χ2v) is 1.86. The molecule has 1 N–H and O–H groups in total. The zero-order chi connectivity index (χ0) is 9.14. The molecular formula is C4H4N6O2. The van der Waals surface area contributed by atoms with E-state index in [1.165, 1.54) is 7.05 Å². The van der Waals surface area contributed by atoms with E-state index in [1.807, 2.05) is 0 Å². The van der Waals surface area contributed by atoms with Crippen LogP contribution in [0.2, 0.25) is 0 Å². The zero-order valence-electron chi connectivity index (χ0n) is 6.04. The van der Waals surface area contributed by atoms with Gasteiger partial charge in [-0.1, -0.05) is 5.10 Å². The Morgan fingerprint density at radius 2 is 2.42 bits per heavy atom. The van der Waals surface area contributed by atoms with Crippen molar-refractivity contribution in [2.24, 2.45) is 7.05 Å². The lowest BCUT2D eigenvalue weighted by Crippen LogP contribution is -2.17. The molecule has 0 unspecified atom stereocenters. The van der Waals surface area contributed by atoms with Gasteiger partial charge in [0.2, 0.25) is 0 Å². The largest absolute Gasteiger partial charge is 0.472 e. The predicted molar refractivity (Wildman–Crippen MR) is 34.2 cm³/mol. The predicted octanol–water partition coefficient (Wildman–Crippen LogP) is -1.69. The number of hydrogen-bond donors (Lipinski definition) is 1. The van der Waals surface area contributed by atoms with Gasteiger partial charge in [-0.2, -0.15) is 9.59 Å². The summed E-state index contributed by atoms with van der Waals surface area (Å²) in [5.41, 5.74) is 7.61. The average molecular weight is 168 g/mol. The van der Waals surface area contributed by atoms with E-state index < -0.39 is 11.7 Å². The fourth-order valence-electron chi connectivity index (χ4n) is 0.562. The Morgan fingerprint density at radius 3 is 2.75 bits per heavy atom. The van der Waals surface area contributed by atoms with Crippen LogP contribution in [0.1, 0.15) is 5.82 Å². The third-order valence-electron chi connectivity index (χ3n) is 1.02. The minimum atomic E-state index is -1.41. The maximum atomic E-state index is 10.3. The smallest absolute Gasteiger partial charge is 0.446 e. The molecule has 0 bridgehead atoms. The van der Waals surface area contributed by atoms with Crippen LogP contribution in [0.4, 0.5) is 0 Å². The first-order valence-electron chi connectivity index (χ1n) is 2.85. The minimum Gasteiger partial charge on any atom is -0.472 e. The normalized spacial score (nSPS) is 9.08. The summed E-state index contributed by atoms with van der Waals surface area (Å²) in [6, 6.07) is 0. The second-order valence-electron chi connectivity index (χ2n) is 1.86. The lowest BCUT2D eigenvalue weighted by molar-refractivity contribution is -0.133. The van der Waals surface area contributed by atoms with Crippen LogP contribution in [0.25, 0.3) is 5.53 Å². The molecule has 0 radical (unpaired) electrons. The molecule has 0 saturated heterocycles. The fourth-order valence-corrected chi connectivity index (χ4v) is 0.562. The molecule has 0 aliphatic carbocycles. The molecule has 62 valence electrons. The van der Waals surface area contributed by atoms with E-state index in [2.05, 4.69) is 20.2 Å². The van der Waals surface area contributed by atoms with Gasteiger partial charge in [-0.3, -0.25) is 0 Å². The average Bonchev–Trinajstić information content (AvgIpc) is 2.37. The first-order chi connectivity index (χ1) is 5.65. The van der Waals surface area contributed by atoms with Crippen molar-refractivity contribution < 1.29 is 14.7 Å². The van der Waals surface area contributed by atoms with Crippen molar-refractivity contribution in [1.82, 2.24) is 20.2 Å². The summed E-state index contributed by atoms with van der Waals surface area (Å²) in [6.45, 7) is 0. The van der Waals surface area contributed by atoms with Crippen molar-refractivity contribution in [2.45, 2.75) is 0 Å². The number of tetrazole rings is 1. The van der Waals surface area contributed by atoms with E-state index in [0.717, 1.165) is 4.80 Å². The molecule has 1 rings (SSSR count). The summed E-state index contributed by atoms with van der Waals surface area (Å²) >= 11 is 0. The number of carbonyl (C=O) groups is 1. The fraction of sp³-hybridized carbons (Fsp3) is 0.250. The van der Waals surface area contributed by atoms with Crippen LogP contribution < -0.4 is 0 Å². The molecule has 0 amide bonds. The highest BCUT2D eigenvalue weighted by atomic mass is 16.4. The van der Waals surface area contributed by atoms with E-state index in [9.17, 15) is 4.79 Å². The number of aromatic nitrogens is 4. The molecular weight excluding hydrogens is 164 g/mol. The van der Waals surface area contributed by atoms with Gasteiger partial charge in [-0.25, -0.2) is 4.79 Å². The van der Waals surface area contributed by atoms with Gasteiger partial charge in [0.15, 0.2) is 0 Å². The Morgan fingerprint density at radius 1 is 1.75 bits per heavy atom. The minimum absolute atomic E-state index is 0.229. The topological polar surface area (TPSA) is 117 Å². The van der Waals surface area contributed by atoms with Crippen LogP contribution in [-0.4, -0.2) is 41.8 Å². The molecule has 0 saturated carbocycles. The molecule has 0 fully saturated rings. The number of aliphatic carboxylic acids is 1. The van der Waals surface area contributed by atoms with Gasteiger partial charge in [0, 0.05) is 0 Å². The van der Waals surface area contributed by atoms with Crippen LogP contribution in [0.3, 0.4) is 0 Å². The molecule has 12 heavy (non-hydrogen) atoms. The monoisotopic (exact) mass is 168 g/mol. The molecule has 8 nitrogen and oxygen atoms in total. The quantitative estimate of drug-likeness (QED) is 0.321. The van der Waals surface area contributed by atoms with Crippen LogP contribution in [-0.2, 0) is 11.8 Å². The Kier molecular flexibility index (Phi) is 1.93. The number of carboxylic acids is 1. The second kappa shape index (κ2) is 2.89. The molecule has 8 heteroatoms. The Bertz CT molecular complexity index is 361. The number of carboxylic acid groups (broad SMARTS) is 1. The van der Waals surface area contributed by atoms with Crippen molar-refractivity contribution in [3.63, 3.8) is 0 Å². The highest BCUT2D eigenvalue weighted by Gasteiger charge is 2.26. The van der Waals surface area contributed by atoms with Gasteiger partial charge in [-0.05, 0) is 5.21 Å². The summed E-state index contributed by atoms with van der Waals surface area (Å²) in [4.78, 5) is 13.9. The summed E-state index contributed by atoms with van der Waals surface area (Å²) < 4.78 is 0. The molecule has 0 aromatic carbocycles. The maximum Gasteiger partial charge on any atom is 0.446 e. The van der Waals surface area contributed by atoms with E-state index in [1.54, 1.807) is 0 Å². The molecule has 0 aliphatic rings. The van der Waals surface area contributed by atoms with Crippen molar-refractivity contribution >= 4 is 11.7 Å². The molecule has 1 aromatic heterocycles. The summed E-state index contributed by atoms with van der Waals surface area (Å²) in [5, 5.41) is 18.7. The third kappa shape index (κ3) is 1.32. The van der Waals surface area contributed by atoms with E-state index >= 15 is 0 Å². The van der Waals surface area contributed by atoms with Crippen LogP contribution >= 0.6 is 0 Å². The summed E-state index contributed by atoms with van der Waals surface area (Å²) in [6.07, 6.45) is 0. The van der Waals surface area contributed by atoms with Crippen molar-refractivity contribution in [1.29, 1.82) is 0 Å². The van der Waals surface area contributed by atoms with E-state index in [0.29, 0.717) is 0 Å². The van der Waals surface area contributed by atoms with E-state index in [4.69, 9.17) is 10.6 Å². The lowest BCUT2D eigenvalue weighted by Gasteiger charge is -1.79. The van der Waals surface area contributed by atoms with Crippen molar-refractivity contribution in [3.8, 4) is 0 Å². The summed E-state index contributed by atoms with van der Waals surface area (Å²) in [7, 11) is 1.47. The van der Waals surface area contributed by atoms with Gasteiger partial charge < -0.3 is 10.6 Å². The molecule has 1 heterocycles. The maximum absolute atomic E-state index is 10.3. The Labute approximate surface area is 66.0 Å². The van der Waals surface area contributed by atoms with Gasteiger partial charge >= 0.3 is 11.7 Å². The van der Waals surface area contributed by atoms with Crippen LogP contribution in [0.15, 0.2) is 0 Å². The third-order valence-corrected chi connectivity index (χ3v) is 1.02. The molecule has 0 spiro atoms. The highest BCUT2D eigenvalue weighted by molar-refractivity contribution is 6.38. The van der Waals surface area contributed by atoms with Crippen molar-refractivity contribution in [2.75, 3.05) is 0 Å².